The molecular weight excluding hydrogens is 332 g/mol. The van der Waals surface area contributed by atoms with Gasteiger partial charge in [-0.2, -0.15) is 0 Å². The van der Waals surface area contributed by atoms with Crippen LogP contribution in [-0.4, -0.2) is 44.7 Å². The van der Waals surface area contributed by atoms with E-state index in [0.29, 0.717) is 0 Å². The molecule has 1 atom stereocenters. The molecule has 7 heteroatoms. The fourth-order valence-electron chi connectivity index (χ4n) is 1.83. The number of esters is 1. The van der Waals surface area contributed by atoms with Crippen molar-refractivity contribution in [1.29, 1.82) is 0 Å². The number of carbonyl (C=O) groups excluding carboxylic acids is 2. The fraction of sp³-hybridized carbons (Fsp3) is 0.412. The van der Waals surface area contributed by atoms with Crippen LogP contribution in [0.25, 0.3) is 0 Å². The first-order chi connectivity index (χ1) is 11.0. The van der Waals surface area contributed by atoms with Crippen molar-refractivity contribution in [3.63, 3.8) is 0 Å². The molecule has 6 nitrogen and oxygen atoms in total. The topological polar surface area (TPSA) is 86.7 Å². The highest BCUT2D eigenvalue weighted by Gasteiger charge is 2.33. The van der Waals surface area contributed by atoms with E-state index in [1.807, 2.05) is 0 Å². The molecule has 0 spiro atoms. The van der Waals surface area contributed by atoms with Crippen LogP contribution in [0.1, 0.15) is 31.1 Å². The molecule has 0 radical (unpaired) electrons. The number of hydrogen-bond donors (Lipinski definition) is 0. The van der Waals surface area contributed by atoms with Gasteiger partial charge in [-0.05, 0) is 45.0 Å². The van der Waals surface area contributed by atoms with E-state index < -0.39 is 27.2 Å². The maximum absolute atomic E-state index is 12.5. The Kier molecular flexibility index (Phi) is 6.45. The van der Waals surface area contributed by atoms with Crippen LogP contribution in [0.5, 0.6) is 0 Å². The van der Waals surface area contributed by atoms with Crippen molar-refractivity contribution in [2.45, 2.75) is 37.4 Å². The highest BCUT2D eigenvalue weighted by molar-refractivity contribution is 7.90. The first kappa shape index (κ1) is 20.1. The third kappa shape index (κ3) is 5.58. The molecule has 0 heterocycles. The van der Waals surface area contributed by atoms with Crippen LogP contribution in [0.2, 0.25) is 0 Å². The van der Waals surface area contributed by atoms with E-state index in [2.05, 4.69) is 6.58 Å². The molecule has 0 aliphatic rings. The molecule has 0 aliphatic carbocycles. The minimum absolute atomic E-state index is 0.112. The number of ether oxygens (including phenoxy) is 2. The Balaban J connectivity index is 2.81. The molecular formula is C17H22O6S. The van der Waals surface area contributed by atoms with Gasteiger partial charge in [-0.1, -0.05) is 6.08 Å². The van der Waals surface area contributed by atoms with Gasteiger partial charge in [0.2, 0.25) is 5.78 Å². The molecule has 0 N–H and O–H groups in total. The average molecular weight is 354 g/mol. The van der Waals surface area contributed by atoms with E-state index in [9.17, 15) is 18.0 Å². The van der Waals surface area contributed by atoms with Crippen molar-refractivity contribution < 1.29 is 27.5 Å². The fourth-order valence-corrected chi connectivity index (χ4v) is 2.46. The molecule has 0 bridgehead atoms. The van der Waals surface area contributed by atoms with Gasteiger partial charge in [0.1, 0.15) is 6.61 Å². The number of ketones is 1. The zero-order valence-corrected chi connectivity index (χ0v) is 15.1. The van der Waals surface area contributed by atoms with E-state index in [0.717, 1.165) is 6.26 Å². The van der Waals surface area contributed by atoms with Crippen molar-refractivity contribution in [2.24, 2.45) is 0 Å². The van der Waals surface area contributed by atoms with Crippen molar-refractivity contribution in [3.05, 3.63) is 42.5 Å². The lowest BCUT2D eigenvalue weighted by atomic mass is 9.96. The van der Waals surface area contributed by atoms with E-state index in [4.69, 9.17) is 9.47 Å². The highest BCUT2D eigenvalue weighted by atomic mass is 32.2. The molecule has 1 aromatic carbocycles. The number of rotatable bonds is 8. The van der Waals surface area contributed by atoms with E-state index in [1.165, 1.54) is 44.2 Å². The van der Waals surface area contributed by atoms with Gasteiger partial charge in [-0.25, -0.2) is 13.2 Å². The summed E-state index contributed by atoms with van der Waals surface area (Å²) < 4.78 is 33.2. The maximum Gasteiger partial charge on any atom is 0.333 e. The standard InChI is InChI=1S/C17H22O6S/c1-6-12(2)22-11-15(18)23-17(3,4)16(19)13-7-9-14(10-8-13)24(5,20)21/h6-10,12H,1,11H2,2-5H3. The SMILES string of the molecule is C=CC(C)OCC(=O)OC(C)(C)C(=O)c1ccc(S(C)(=O)=O)cc1. The number of hydrogen-bond acceptors (Lipinski definition) is 6. The molecule has 0 saturated carbocycles. The van der Waals surface area contributed by atoms with Gasteiger partial charge in [0.25, 0.3) is 0 Å². The van der Waals surface area contributed by atoms with E-state index in [1.54, 1.807) is 6.92 Å². The van der Waals surface area contributed by atoms with Crippen molar-refractivity contribution >= 4 is 21.6 Å². The second-order valence-corrected chi connectivity index (χ2v) is 7.88. The molecule has 0 aromatic heterocycles. The van der Waals surface area contributed by atoms with Crippen LogP contribution in [0, 0.1) is 0 Å². The van der Waals surface area contributed by atoms with Gasteiger partial charge >= 0.3 is 5.97 Å². The third-order valence-corrected chi connectivity index (χ3v) is 4.38. The van der Waals surface area contributed by atoms with E-state index >= 15 is 0 Å². The summed E-state index contributed by atoms with van der Waals surface area (Å²) in [6.07, 6.45) is 2.31. The zero-order valence-electron chi connectivity index (χ0n) is 14.2. The van der Waals surface area contributed by atoms with Gasteiger partial charge in [0.15, 0.2) is 15.4 Å². The minimum Gasteiger partial charge on any atom is -0.450 e. The Labute approximate surface area is 142 Å². The highest BCUT2D eigenvalue weighted by Crippen LogP contribution is 2.19. The maximum atomic E-state index is 12.5. The zero-order chi connectivity index (χ0) is 18.5. The smallest absolute Gasteiger partial charge is 0.333 e. The van der Waals surface area contributed by atoms with Crippen LogP contribution in [-0.2, 0) is 24.1 Å². The van der Waals surface area contributed by atoms with Crippen LogP contribution < -0.4 is 0 Å². The lowest BCUT2D eigenvalue weighted by Gasteiger charge is -2.24. The largest absolute Gasteiger partial charge is 0.450 e. The molecule has 24 heavy (non-hydrogen) atoms. The summed E-state index contributed by atoms with van der Waals surface area (Å²) >= 11 is 0. The Morgan fingerprint density at radius 3 is 2.25 bits per heavy atom. The second-order valence-electron chi connectivity index (χ2n) is 5.86. The van der Waals surface area contributed by atoms with Crippen LogP contribution in [0.15, 0.2) is 41.8 Å². The normalized spacial score (nSPS) is 13.2. The van der Waals surface area contributed by atoms with Crippen LogP contribution in [0.3, 0.4) is 0 Å². The lowest BCUT2D eigenvalue weighted by Crippen LogP contribution is -2.38. The summed E-state index contributed by atoms with van der Waals surface area (Å²) in [5.41, 5.74) is -1.15. The molecule has 132 valence electrons. The minimum atomic E-state index is -3.34. The monoisotopic (exact) mass is 354 g/mol. The lowest BCUT2D eigenvalue weighted by molar-refractivity contribution is -0.159. The summed E-state index contributed by atoms with van der Waals surface area (Å²) in [6, 6.07) is 5.47. The predicted molar refractivity (Wildman–Crippen MR) is 89.7 cm³/mol. The first-order valence-electron chi connectivity index (χ1n) is 7.28. The molecule has 0 saturated heterocycles. The summed E-state index contributed by atoms with van der Waals surface area (Å²) in [5, 5.41) is 0. The number of sulfone groups is 1. The Hall–Kier alpha value is -1.99. The average Bonchev–Trinajstić information content (AvgIpc) is 2.50. The molecule has 1 rings (SSSR count). The molecule has 0 aliphatic heterocycles. The summed E-state index contributed by atoms with van der Waals surface area (Å²) in [6.45, 7) is 7.89. The van der Waals surface area contributed by atoms with Crippen molar-refractivity contribution in [1.82, 2.24) is 0 Å². The summed E-state index contributed by atoms with van der Waals surface area (Å²) in [7, 11) is -3.34. The van der Waals surface area contributed by atoms with Crippen LogP contribution in [0.4, 0.5) is 0 Å². The Morgan fingerprint density at radius 1 is 1.25 bits per heavy atom. The Morgan fingerprint density at radius 2 is 1.79 bits per heavy atom. The summed E-state index contributed by atoms with van der Waals surface area (Å²) in [4.78, 5) is 24.4. The van der Waals surface area contributed by atoms with Gasteiger partial charge in [-0.3, -0.25) is 4.79 Å². The quantitative estimate of drug-likeness (QED) is 0.404. The third-order valence-electron chi connectivity index (χ3n) is 3.26. The number of benzene rings is 1. The number of Topliss-reactive ketones (excluding diaryl/α,β-unsaturated/α-hetero) is 1. The van der Waals surface area contributed by atoms with Crippen molar-refractivity contribution in [3.8, 4) is 0 Å². The first-order valence-corrected chi connectivity index (χ1v) is 9.17. The molecule has 1 unspecified atom stereocenters. The number of carbonyl (C=O) groups is 2. The molecule has 0 fully saturated rings. The Bertz CT molecular complexity index is 716. The molecule has 1 aromatic rings. The predicted octanol–water partition coefficient (Wildman–Crippen LogP) is 2.19. The van der Waals surface area contributed by atoms with E-state index in [-0.39, 0.29) is 23.2 Å². The second kappa shape index (κ2) is 7.72. The molecule has 0 amide bonds. The summed E-state index contributed by atoms with van der Waals surface area (Å²) in [5.74, 6) is -1.11. The van der Waals surface area contributed by atoms with Gasteiger partial charge in [0.05, 0.1) is 11.0 Å². The van der Waals surface area contributed by atoms with Crippen LogP contribution >= 0.6 is 0 Å². The van der Waals surface area contributed by atoms with Gasteiger partial charge in [-0.15, -0.1) is 6.58 Å². The van der Waals surface area contributed by atoms with Gasteiger partial charge < -0.3 is 9.47 Å². The van der Waals surface area contributed by atoms with Crippen molar-refractivity contribution in [2.75, 3.05) is 12.9 Å². The van der Waals surface area contributed by atoms with Gasteiger partial charge in [0, 0.05) is 11.8 Å².